The minimum Gasteiger partial charge on any atom is -0.458 e. The first-order valence-corrected chi connectivity index (χ1v) is 7.39. The number of carbonyl (C=O) groups is 2. The van der Waals surface area contributed by atoms with E-state index in [0.717, 1.165) is 12.8 Å². The molecule has 0 aromatic heterocycles. The summed E-state index contributed by atoms with van der Waals surface area (Å²) in [6.45, 7) is 1.68. The number of nitrogens with one attached hydrogen (secondary N) is 1. The number of carbonyl (C=O) groups excluding carboxylic acids is 2. The van der Waals surface area contributed by atoms with Gasteiger partial charge < -0.3 is 14.8 Å². The molecule has 5 heteroatoms. The van der Waals surface area contributed by atoms with Gasteiger partial charge in [-0.3, -0.25) is 4.79 Å². The summed E-state index contributed by atoms with van der Waals surface area (Å²) < 4.78 is 10.5. The second kappa shape index (κ2) is 4.48. The van der Waals surface area contributed by atoms with E-state index in [0.29, 0.717) is 17.1 Å². The molecule has 0 bridgehead atoms. The highest BCUT2D eigenvalue weighted by molar-refractivity contribution is 5.97. The van der Waals surface area contributed by atoms with Gasteiger partial charge in [0.15, 0.2) is 0 Å². The Balaban J connectivity index is 1.51. The molecule has 4 atom stereocenters. The highest BCUT2D eigenvalue weighted by atomic mass is 16.7. The number of cyclic esters (lactones) is 1. The van der Waals surface area contributed by atoms with Crippen molar-refractivity contribution in [2.24, 2.45) is 11.8 Å². The lowest BCUT2D eigenvalue weighted by Gasteiger charge is -2.11. The van der Waals surface area contributed by atoms with Gasteiger partial charge in [-0.15, -0.1) is 0 Å². The van der Waals surface area contributed by atoms with Gasteiger partial charge in [-0.05, 0) is 37.7 Å². The van der Waals surface area contributed by atoms with Crippen molar-refractivity contribution in [1.82, 2.24) is 5.32 Å². The van der Waals surface area contributed by atoms with E-state index in [-0.39, 0.29) is 23.8 Å². The van der Waals surface area contributed by atoms with Gasteiger partial charge in [0, 0.05) is 17.6 Å². The van der Waals surface area contributed by atoms with E-state index in [9.17, 15) is 9.59 Å². The number of hydrogen-bond donors (Lipinski definition) is 1. The maximum atomic E-state index is 12.1. The molecule has 2 aliphatic carbocycles. The Kier molecular flexibility index (Phi) is 2.71. The second-order valence-corrected chi connectivity index (χ2v) is 6.10. The van der Waals surface area contributed by atoms with Gasteiger partial charge in [0.25, 0.3) is 12.2 Å². The molecule has 2 unspecified atom stereocenters. The minimum atomic E-state index is -0.711. The Labute approximate surface area is 122 Å². The third-order valence-corrected chi connectivity index (χ3v) is 4.88. The summed E-state index contributed by atoms with van der Waals surface area (Å²) in [6, 6.07) is 0.142. The summed E-state index contributed by atoms with van der Waals surface area (Å²) in [7, 11) is 0. The maximum absolute atomic E-state index is 12.1. The van der Waals surface area contributed by atoms with Crippen LogP contribution < -0.4 is 5.32 Å². The molecule has 0 radical (unpaired) electrons. The van der Waals surface area contributed by atoms with Crippen molar-refractivity contribution in [2.45, 2.75) is 38.5 Å². The zero-order valence-electron chi connectivity index (χ0n) is 11.8. The number of rotatable bonds is 2. The van der Waals surface area contributed by atoms with Crippen LogP contribution in [-0.2, 0) is 19.1 Å². The predicted molar refractivity (Wildman–Crippen MR) is 73.6 cm³/mol. The van der Waals surface area contributed by atoms with Gasteiger partial charge in [-0.2, -0.15) is 0 Å². The van der Waals surface area contributed by atoms with Crippen LogP contribution in [0.3, 0.4) is 0 Å². The molecule has 21 heavy (non-hydrogen) atoms. The molecule has 1 N–H and O–H groups in total. The van der Waals surface area contributed by atoms with Crippen LogP contribution in [0.5, 0.6) is 0 Å². The van der Waals surface area contributed by atoms with Gasteiger partial charge in [0.2, 0.25) is 0 Å². The lowest BCUT2D eigenvalue weighted by molar-refractivity contribution is -0.152. The molecular weight excluding hydrogens is 270 g/mol. The lowest BCUT2D eigenvalue weighted by atomic mass is 9.96. The normalized spacial score (nSPS) is 38.8. The number of amides is 1. The van der Waals surface area contributed by atoms with Crippen LogP contribution in [0, 0.1) is 11.8 Å². The molecule has 4 aliphatic rings. The maximum Gasteiger partial charge on any atom is 0.336 e. The number of ether oxygens (including phenoxy) is 2. The van der Waals surface area contributed by atoms with Gasteiger partial charge in [-0.25, -0.2) is 4.79 Å². The molecule has 2 aliphatic heterocycles. The van der Waals surface area contributed by atoms with Gasteiger partial charge in [0.1, 0.15) is 0 Å². The molecule has 4 rings (SSSR count). The average Bonchev–Trinajstić information content (AvgIpc) is 3.13. The van der Waals surface area contributed by atoms with E-state index in [4.69, 9.17) is 9.47 Å². The Hall–Kier alpha value is -2.04. The average molecular weight is 287 g/mol. The summed E-state index contributed by atoms with van der Waals surface area (Å²) in [5.74, 6) is 0.362. The first-order chi connectivity index (χ1) is 10.1. The zero-order chi connectivity index (χ0) is 14.6. The quantitative estimate of drug-likeness (QED) is 0.362. The highest BCUT2D eigenvalue weighted by Crippen LogP contribution is 2.48. The van der Waals surface area contributed by atoms with Gasteiger partial charge in [0.05, 0.1) is 17.9 Å². The first kappa shape index (κ1) is 12.7. The van der Waals surface area contributed by atoms with Crippen molar-refractivity contribution in [3.05, 3.63) is 35.1 Å². The van der Waals surface area contributed by atoms with Crippen molar-refractivity contribution >= 4 is 11.9 Å². The van der Waals surface area contributed by atoms with Crippen LogP contribution in [0.1, 0.15) is 26.2 Å². The van der Waals surface area contributed by atoms with Crippen molar-refractivity contribution < 1.29 is 19.1 Å². The molecule has 0 aromatic rings. The second-order valence-electron chi connectivity index (χ2n) is 6.10. The number of allylic oxidation sites excluding steroid dienone is 1. The van der Waals surface area contributed by atoms with E-state index >= 15 is 0 Å². The van der Waals surface area contributed by atoms with Crippen LogP contribution in [-0.4, -0.2) is 24.2 Å². The largest absolute Gasteiger partial charge is 0.458 e. The van der Waals surface area contributed by atoms with Crippen LogP contribution >= 0.6 is 0 Å². The molecule has 0 spiro atoms. The summed E-state index contributed by atoms with van der Waals surface area (Å²) >= 11 is 0. The molecule has 1 amide bonds. The highest BCUT2D eigenvalue weighted by Gasteiger charge is 2.48. The standard InChI is InChI=1S/C16H17NO4/c1-8-5-13(21-16(8)19)20-7-12-11-6-9-3-2-4-10(9)14(11)17-15(12)18/h4-5,7,9,11,13-14H,2-3,6H2,1H3,(H,17,18)/b12-7+/t9-,11?,13?,14+/m0/s1. The predicted octanol–water partition coefficient (Wildman–Crippen LogP) is 1.57. The van der Waals surface area contributed by atoms with Crippen LogP contribution in [0.2, 0.25) is 0 Å². The van der Waals surface area contributed by atoms with Crippen LogP contribution in [0.25, 0.3) is 0 Å². The van der Waals surface area contributed by atoms with E-state index in [1.165, 1.54) is 18.3 Å². The summed E-state index contributed by atoms with van der Waals surface area (Å²) in [5, 5.41) is 3.05. The molecule has 1 saturated heterocycles. The fraction of sp³-hybridized carbons (Fsp3) is 0.500. The Morgan fingerprint density at radius 2 is 2.29 bits per heavy atom. The molecule has 1 saturated carbocycles. The van der Waals surface area contributed by atoms with E-state index in [1.807, 2.05) is 0 Å². The van der Waals surface area contributed by atoms with Crippen molar-refractivity contribution in [3.63, 3.8) is 0 Å². The van der Waals surface area contributed by atoms with Crippen LogP contribution in [0.15, 0.2) is 35.1 Å². The minimum absolute atomic E-state index is 0.0683. The summed E-state index contributed by atoms with van der Waals surface area (Å²) in [6.07, 6.45) is 7.97. The zero-order valence-corrected chi connectivity index (χ0v) is 11.8. The summed E-state index contributed by atoms with van der Waals surface area (Å²) in [5.41, 5.74) is 2.59. The Bertz CT molecular complexity index is 616. The van der Waals surface area contributed by atoms with Gasteiger partial charge >= 0.3 is 5.97 Å². The lowest BCUT2D eigenvalue weighted by Crippen LogP contribution is -2.27. The fourth-order valence-corrected chi connectivity index (χ4v) is 3.83. The molecule has 110 valence electrons. The molecule has 0 aromatic carbocycles. The van der Waals surface area contributed by atoms with E-state index in [2.05, 4.69) is 11.4 Å². The van der Waals surface area contributed by atoms with Gasteiger partial charge in [-0.1, -0.05) is 6.08 Å². The number of hydrogen-bond acceptors (Lipinski definition) is 4. The monoisotopic (exact) mass is 287 g/mol. The van der Waals surface area contributed by atoms with Crippen molar-refractivity contribution in [3.8, 4) is 0 Å². The Morgan fingerprint density at radius 1 is 1.43 bits per heavy atom. The number of fused-ring (bicyclic) bond motifs is 3. The Morgan fingerprint density at radius 3 is 3.05 bits per heavy atom. The topological polar surface area (TPSA) is 64.6 Å². The van der Waals surface area contributed by atoms with Crippen molar-refractivity contribution in [1.29, 1.82) is 0 Å². The molecular formula is C16H17NO4. The smallest absolute Gasteiger partial charge is 0.336 e. The van der Waals surface area contributed by atoms with Crippen molar-refractivity contribution in [2.75, 3.05) is 0 Å². The van der Waals surface area contributed by atoms with E-state index in [1.54, 1.807) is 13.0 Å². The molecule has 5 nitrogen and oxygen atoms in total. The summed E-state index contributed by atoms with van der Waals surface area (Å²) in [4.78, 5) is 23.4. The third-order valence-electron chi connectivity index (χ3n) is 4.88. The molecule has 2 heterocycles. The fourth-order valence-electron chi connectivity index (χ4n) is 3.83. The van der Waals surface area contributed by atoms with Crippen LogP contribution in [0.4, 0.5) is 0 Å². The number of esters is 1. The SMILES string of the molecule is CC1=CC(O/C=C2/C(=O)N[C@@H]3C4=CCC[C@H]4CC23)OC1=O. The van der Waals surface area contributed by atoms with E-state index < -0.39 is 6.29 Å². The molecule has 2 fully saturated rings. The first-order valence-electron chi connectivity index (χ1n) is 7.39. The third kappa shape index (κ3) is 1.91.